The van der Waals surface area contributed by atoms with Crippen LogP contribution in [0.2, 0.25) is 0 Å². The number of carbonyl (C=O) groups is 2. The number of hydrogen-bond acceptors (Lipinski definition) is 3. The number of aromatic nitrogens is 2. The summed E-state index contributed by atoms with van der Waals surface area (Å²) >= 11 is 0. The Hall–Kier alpha value is -2.37. The van der Waals surface area contributed by atoms with E-state index in [4.69, 9.17) is 4.98 Å². The third-order valence-corrected chi connectivity index (χ3v) is 8.04. The molecule has 0 aliphatic heterocycles. The number of fused-ring (bicyclic) bond motifs is 1. The minimum Gasteiger partial charge on any atom is -0.478 e. The van der Waals surface area contributed by atoms with Crippen molar-refractivity contribution in [3.63, 3.8) is 0 Å². The summed E-state index contributed by atoms with van der Waals surface area (Å²) in [5, 5.41) is 9.52. The van der Waals surface area contributed by atoms with E-state index < -0.39 is 5.97 Å². The average molecular weight is 454 g/mol. The number of carboxylic acids is 1. The van der Waals surface area contributed by atoms with Gasteiger partial charge < -0.3 is 14.6 Å². The molecule has 1 aromatic carbocycles. The van der Waals surface area contributed by atoms with Gasteiger partial charge in [-0.25, -0.2) is 9.78 Å². The Bertz CT molecular complexity index is 968. The average Bonchev–Trinajstić information content (AvgIpc) is 3.21. The quantitative estimate of drug-likeness (QED) is 0.533. The van der Waals surface area contributed by atoms with Crippen molar-refractivity contribution in [1.82, 2.24) is 14.5 Å². The summed E-state index contributed by atoms with van der Waals surface area (Å²) < 4.78 is 2.16. The van der Waals surface area contributed by atoms with Crippen LogP contribution >= 0.6 is 0 Å². The van der Waals surface area contributed by atoms with Gasteiger partial charge >= 0.3 is 5.97 Å². The van der Waals surface area contributed by atoms with E-state index in [0.717, 1.165) is 55.0 Å². The van der Waals surface area contributed by atoms with E-state index in [0.29, 0.717) is 24.9 Å². The van der Waals surface area contributed by atoms with Gasteiger partial charge in [-0.1, -0.05) is 32.6 Å². The molecule has 33 heavy (non-hydrogen) atoms. The van der Waals surface area contributed by atoms with Crippen molar-refractivity contribution in [2.24, 2.45) is 5.92 Å². The van der Waals surface area contributed by atoms with Gasteiger partial charge in [0.15, 0.2) is 0 Å². The van der Waals surface area contributed by atoms with E-state index >= 15 is 0 Å². The summed E-state index contributed by atoms with van der Waals surface area (Å²) in [6.07, 6.45) is 12.3. The minimum absolute atomic E-state index is 0.210. The van der Waals surface area contributed by atoms with Crippen molar-refractivity contribution in [1.29, 1.82) is 0 Å². The van der Waals surface area contributed by atoms with Crippen LogP contribution in [-0.2, 0) is 11.3 Å². The Labute approximate surface area is 197 Å². The van der Waals surface area contributed by atoms with Gasteiger partial charge in [-0.2, -0.15) is 0 Å². The normalized spacial score (nSPS) is 21.9. The number of rotatable bonds is 8. The molecule has 2 aliphatic carbocycles. The zero-order valence-corrected chi connectivity index (χ0v) is 20.3. The van der Waals surface area contributed by atoms with Gasteiger partial charge in [0, 0.05) is 31.5 Å². The molecule has 1 heterocycles. The van der Waals surface area contributed by atoms with Crippen molar-refractivity contribution in [3.05, 3.63) is 29.6 Å². The zero-order valence-electron chi connectivity index (χ0n) is 20.3. The molecule has 6 heteroatoms. The molecule has 1 N–H and O–H groups in total. The fraction of sp³-hybridized carbons (Fsp3) is 0.667. The van der Waals surface area contributed by atoms with Gasteiger partial charge in [-0.3, -0.25) is 4.79 Å². The standard InChI is InChI=1S/C27H39N3O3/c1-3-19-10-12-20(13-11-19)26-28-23-15-14-21(27(32)33)18-24(23)30(26)17-16-25(31)29(4-2)22-8-6-5-7-9-22/h14-15,18-20,22H,3-13,16-17H2,1-2H3,(H,32,33). The molecule has 2 aliphatic rings. The number of aromatic carboxylic acids is 1. The van der Waals surface area contributed by atoms with Crippen LogP contribution in [0, 0.1) is 5.92 Å². The number of imidazole rings is 1. The second kappa shape index (κ2) is 10.7. The van der Waals surface area contributed by atoms with Crippen molar-refractivity contribution < 1.29 is 14.7 Å². The second-order valence-corrected chi connectivity index (χ2v) is 9.98. The van der Waals surface area contributed by atoms with Gasteiger partial charge in [0.2, 0.25) is 5.91 Å². The molecule has 0 saturated heterocycles. The Kier molecular flexibility index (Phi) is 7.71. The number of carbonyl (C=O) groups excluding carboxylic acids is 1. The molecule has 0 unspecified atom stereocenters. The molecule has 1 amide bonds. The fourth-order valence-corrected chi connectivity index (χ4v) is 6.03. The Morgan fingerprint density at radius 2 is 1.79 bits per heavy atom. The summed E-state index contributed by atoms with van der Waals surface area (Å²) in [4.78, 5) is 31.9. The predicted molar refractivity (Wildman–Crippen MR) is 131 cm³/mol. The fourth-order valence-electron chi connectivity index (χ4n) is 6.03. The lowest BCUT2D eigenvalue weighted by Gasteiger charge is -2.34. The maximum absolute atomic E-state index is 13.2. The molecule has 6 nitrogen and oxygen atoms in total. The molecule has 0 spiro atoms. The van der Waals surface area contributed by atoms with Crippen LogP contribution in [-0.4, -0.2) is 44.0 Å². The summed E-state index contributed by atoms with van der Waals surface area (Å²) in [6, 6.07) is 5.55. The van der Waals surface area contributed by atoms with Crippen molar-refractivity contribution in [2.75, 3.05) is 6.54 Å². The van der Waals surface area contributed by atoms with Crippen LogP contribution in [0.15, 0.2) is 18.2 Å². The first-order valence-corrected chi connectivity index (χ1v) is 13.0. The maximum Gasteiger partial charge on any atom is 0.335 e. The first-order chi connectivity index (χ1) is 16.0. The molecule has 0 radical (unpaired) electrons. The zero-order chi connectivity index (χ0) is 23.4. The number of hydrogen-bond donors (Lipinski definition) is 1. The highest BCUT2D eigenvalue weighted by Crippen LogP contribution is 2.38. The third kappa shape index (κ3) is 5.25. The number of nitrogens with zero attached hydrogens (tertiary/aromatic N) is 3. The molecular weight excluding hydrogens is 414 g/mol. The van der Waals surface area contributed by atoms with Gasteiger partial charge in [-0.15, -0.1) is 0 Å². The summed E-state index contributed by atoms with van der Waals surface area (Å²) in [5.74, 6) is 1.49. The van der Waals surface area contributed by atoms with Crippen LogP contribution in [0.25, 0.3) is 11.0 Å². The van der Waals surface area contributed by atoms with Gasteiger partial charge in [0.1, 0.15) is 5.82 Å². The number of aryl methyl sites for hydroxylation is 1. The number of carboxylic acid groups (broad SMARTS) is 1. The summed E-state index contributed by atoms with van der Waals surface area (Å²) in [7, 11) is 0. The highest BCUT2D eigenvalue weighted by molar-refractivity contribution is 5.92. The lowest BCUT2D eigenvalue weighted by molar-refractivity contribution is -0.134. The number of amides is 1. The van der Waals surface area contributed by atoms with E-state index in [1.54, 1.807) is 12.1 Å². The molecule has 2 fully saturated rings. The van der Waals surface area contributed by atoms with E-state index in [9.17, 15) is 14.7 Å². The molecule has 180 valence electrons. The van der Waals surface area contributed by atoms with Gasteiger partial charge in [0.05, 0.1) is 16.6 Å². The smallest absolute Gasteiger partial charge is 0.335 e. The third-order valence-electron chi connectivity index (χ3n) is 8.04. The monoisotopic (exact) mass is 453 g/mol. The van der Waals surface area contributed by atoms with Crippen LogP contribution in [0.3, 0.4) is 0 Å². The summed E-state index contributed by atoms with van der Waals surface area (Å²) in [6.45, 7) is 5.66. The largest absolute Gasteiger partial charge is 0.478 e. The number of benzene rings is 1. The van der Waals surface area contributed by atoms with E-state index in [1.165, 1.54) is 38.5 Å². The summed E-state index contributed by atoms with van der Waals surface area (Å²) in [5.41, 5.74) is 1.95. The Morgan fingerprint density at radius 3 is 2.42 bits per heavy atom. The first-order valence-electron chi connectivity index (χ1n) is 13.0. The topological polar surface area (TPSA) is 75.4 Å². The van der Waals surface area contributed by atoms with Crippen molar-refractivity contribution in [2.45, 2.75) is 103 Å². The van der Waals surface area contributed by atoms with Crippen LogP contribution in [0.1, 0.15) is 107 Å². The predicted octanol–water partition coefficient (Wildman–Crippen LogP) is 5.99. The minimum atomic E-state index is -0.930. The molecule has 2 saturated carbocycles. The highest BCUT2D eigenvalue weighted by Gasteiger charge is 2.28. The molecule has 4 rings (SSSR count). The second-order valence-electron chi connectivity index (χ2n) is 9.98. The lowest BCUT2D eigenvalue weighted by atomic mass is 9.80. The highest BCUT2D eigenvalue weighted by atomic mass is 16.4. The lowest BCUT2D eigenvalue weighted by Crippen LogP contribution is -2.41. The molecule has 0 bridgehead atoms. The molecule has 1 aromatic heterocycles. The van der Waals surface area contributed by atoms with E-state index in [2.05, 4.69) is 23.3 Å². The SMILES string of the molecule is CCC1CCC(c2nc3ccc(C(=O)O)cc3n2CCC(=O)N(CC)C2CCCCC2)CC1. The van der Waals surface area contributed by atoms with Crippen molar-refractivity contribution >= 4 is 22.9 Å². The Morgan fingerprint density at radius 1 is 1.06 bits per heavy atom. The molecular formula is C27H39N3O3. The van der Waals surface area contributed by atoms with E-state index in [-0.39, 0.29) is 11.5 Å². The van der Waals surface area contributed by atoms with E-state index in [1.807, 2.05) is 6.07 Å². The van der Waals surface area contributed by atoms with Crippen molar-refractivity contribution in [3.8, 4) is 0 Å². The molecule has 0 atom stereocenters. The van der Waals surface area contributed by atoms with Gasteiger partial charge in [0.25, 0.3) is 0 Å². The maximum atomic E-state index is 13.2. The Balaban J connectivity index is 1.59. The van der Waals surface area contributed by atoms with Crippen LogP contribution < -0.4 is 0 Å². The molecule has 2 aromatic rings. The van der Waals surface area contributed by atoms with Crippen LogP contribution in [0.4, 0.5) is 0 Å². The van der Waals surface area contributed by atoms with Crippen LogP contribution in [0.5, 0.6) is 0 Å². The first kappa shape index (κ1) is 23.8. The van der Waals surface area contributed by atoms with Gasteiger partial charge in [-0.05, 0) is 69.6 Å².